The quantitative estimate of drug-likeness (QED) is 0.738. The van der Waals surface area contributed by atoms with Crippen molar-refractivity contribution in [2.75, 3.05) is 5.75 Å². The van der Waals surface area contributed by atoms with E-state index in [1.807, 2.05) is 0 Å². The van der Waals surface area contributed by atoms with Crippen molar-refractivity contribution in [1.82, 2.24) is 0 Å². The molecule has 0 saturated heterocycles. The number of hydrogen-bond donors (Lipinski definition) is 0. The lowest BCUT2D eigenvalue weighted by Gasteiger charge is -2.31. The molecule has 0 fully saturated rings. The van der Waals surface area contributed by atoms with Gasteiger partial charge in [0.15, 0.2) is 9.84 Å². The Hall–Kier alpha value is -0.850. The van der Waals surface area contributed by atoms with Gasteiger partial charge in [-0.3, -0.25) is 4.99 Å². The van der Waals surface area contributed by atoms with E-state index in [0.717, 1.165) is 12.3 Å². The van der Waals surface area contributed by atoms with Gasteiger partial charge in [-0.2, -0.15) is 13.2 Å². The molecule has 1 heterocycles. The van der Waals surface area contributed by atoms with E-state index in [1.165, 1.54) is 6.92 Å². The Kier molecular flexibility index (Phi) is 2.95. The number of aliphatic imine (C=N–C) groups is 1. The minimum absolute atomic E-state index is 0.478. The standard InChI is InChI=1S/C8H10F3NO2S/c1-2-15(13,14)7(8(9,10)11)4-3-5-12-6-7/h3,5-6H,2,4H2,1H3. The van der Waals surface area contributed by atoms with Crippen molar-refractivity contribution in [2.24, 2.45) is 4.99 Å². The highest BCUT2D eigenvalue weighted by Crippen LogP contribution is 2.40. The summed E-state index contributed by atoms with van der Waals surface area (Å²) in [7, 11) is -4.27. The van der Waals surface area contributed by atoms with Crippen molar-refractivity contribution in [3.05, 3.63) is 12.3 Å². The van der Waals surface area contributed by atoms with Gasteiger partial charge < -0.3 is 0 Å². The van der Waals surface area contributed by atoms with Gasteiger partial charge in [-0.25, -0.2) is 8.42 Å². The van der Waals surface area contributed by atoms with E-state index in [9.17, 15) is 21.6 Å². The van der Waals surface area contributed by atoms with Crippen LogP contribution in [0, 0.1) is 0 Å². The van der Waals surface area contributed by atoms with Crippen LogP contribution in [0.4, 0.5) is 13.2 Å². The minimum Gasteiger partial charge on any atom is -0.267 e. The van der Waals surface area contributed by atoms with E-state index >= 15 is 0 Å². The van der Waals surface area contributed by atoms with Gasteiger partial charge in [-0.1, -0.05) is 13.0 Å². The summed E-state index contributed by atoms with van der Waals surface area (Å²) < 4.78 is 58.4. The molecule has 0 bridgehead atoms. The molecule has 1 atom stereocenters. The van der Waals surface area contributed by atoms with Crippen LogP contribution in [0.2, 0.25) is 0 Å². The second-order valence-electron chi connectivity index (χ2n) is 3.16. The number of allylic oxidation sites excluding steroid dienone is 1. The molecule has 0 aliphatic carbocycles. The molecule has 0 aromatic rings. The van der Waals surface area contributed by atoms with Crippen LogP contribution in [-0.4, -0.2) is 31.3 Å². The van der Waals surface area contributed by atoms with Crippen LogP contribution in [0.25, 0.3) is 0 Å². The van der Waals surface area contributed by atoms with Gasteiger partial charge in [0, 0.05) is 24.6 Å². The molecular formula is C8H10F3NO2S. The fraction of sp³-hybridized carbons (Fsp3) is 0.625. The largest absolute Gasteiger partial charge is 0.413 e. The molecule has 15 heavy (non-hydrogen) atoms. The Balaban J connectivity index is 3.34. The lowest BCUT2D eigenvalue weighted by Crippen LogP contribution is -2.54. The average Bonchev–Trinajstić information content (AvgIpc) is 2.17. The fourth-order valence-electron chi connectivity index (χ4n) is 1.33. The van der Waals surface area contributed by atoms with Crippen molar-refractivity contribution in [2.45, 2.75) is 24.3 Å². The molecule has 0 saturated carbocycles. The normalized spacial score (nSPS) is 26.9. The molecule has 1 unspecified atom stereocenters. The number of halogens is 3. The molecule has 0 aromatic carbocycles. The number of sulfone groups is 1. The molecule has 0 spiro atoms. The maximum absolute atomic E-state index is 12.8. The summed E-state index contributed by atoms with van der Waals surface area (Å²) in [5, 5.41) is 0. The molecule has 86 valence electrons. The first-order chi connectivity index (χ1) is 6.77. The van der Waals surface area contributed by atoms with E-state index in [2.05, 4.69) is 4.99 Å². The third kappa shape index (κ3) is 1.80. The van der Waals surface area contributed by atoms with Crippen molar-refractivity contribution < 1.29 is 21.6 Å². The van der Waals surface area contributed by atoms with Crippen molar-refractivity contribution in [3.8, 4) is 0 Å². The predicted molar refractivity (Wildman–Crippen MR) is 50.5 cm³/mol. The average molecular weight is 241 g/mol. The first-order valence-corrected chi connectivity index (χ1v) is 5.90. The van der Waals surface area contributed by atoms with Crippen LogP contribution in [-0.2, 0) is 9.84 Å². The summed E-state index contributed by atoms with van der Waals surface area (Å²) in [5.41, 5.74) is 0. The van der Waals surface area contributed by atoms with Gasteiger partial charge in [0.05, 0.1) is 0 Å². The van der Waals surface area contributed by atoms with Crippen molar-refractivity contribution in [3.63, 3.8) is 0 Å². The molecular weight excluding hydrogens is 231 g/mol. The zero-order valence-electron chi connectivity index (χ0n) is 7.95. The van der Waals surface area contributed by atoms with Crippen LogP contribution in [0.1, 0.15) is 13.3 Å². The Morgan fingerprint density at radius 1 is 1.47 bits per heavy atom. The molecule has 0 N–H and O–H groups in total. The monoisotopic (exact) mass is 241 g/mol. The van der Waals surface area contributed by atoms with Crippen LogP contribution >= 0.6 is 0 Å². The van der Waals surface area contributed by atoms with E-state index in [-0.39, 0.29) is 0 Å². The Morgan fingerprint density at radius 2 is 2.07 bits per heavy atom. The summed E-state index contributed by atoms with van der Waals surface area (Å²) in [6.45, 7) is 1.19. The lowest BCUT2D eigenvalue weighted by molar-refractivity contribution is -0.143. The van der Waals surface area contributed by atoms with Crippen LogP contribution in [0.15, 0.2) is 17.3 Å². The van der Waals surface area contributed by atoms with Gasteiger partial charge in [0.2, 0.25) is 4.75 Å². The SMILES string of the molecule is CCS(=O)(=O)C1(C(F)(F)F)C=NC=CC1. The molecule has 3 nitrogen and oxygen atoms in total. The topological polar surface area (TPSA) is 46.5 Å². The zero-order chi connectivity index (χ0) is 11.7. The first-order valence-electron chi connectivity index (χ1n) is 4.25. The first kappa shape index (κ1) is 12.2. The lowest BCUT2D eigenvalue weighted by atomic mass is 10.0. The highest BCUT2D eigenvalue weighted by molar-refractivity contribution is 7.93. The zero-order valence-corrected chi connectivity index (χ0v) is 8.77. The summed E-state index contributed by atoms with van der Waals surface area (Å²) in [5.74, 6) is -0.563. The molecule has 1 aliphatic heterocycles. The number of alkyl halides is 3. The fourth-order valence-corrected chi connectivity index (χ4v) is 2.77. The van der Waals surface area contributed by atoms with Gasteiger partial charge in [0.25, 0.3) is 0 Å². The van der Waals surface area contributed by atoms with Gasteiger partial charge in [0.1, 0.15) is 0 Å². The van der Waals surface area contributed by atoms with Crippen LogP contribution < -0.4 is 0 Å². The third-order valence-corrected chi connectivity index (χ3v) is 4.68. The Labute approximate surface area is 85.6 Å². The van der Waals surface area contributed by atoms with Gasteiger partial charge in [-0.05, 0) is 0 Å². The van der Waals surface area contributed by atoms with Crippen LogP contribution in [0.5, 0.6) is 0 Å². The third-order valence-electron chi connectivity index (χ3n) is 2.31. The Bertz CT molecular complexity index is 397. The maximum Gasteiger partial charge on any atom is 0.413 e. The summed E-state index contributed by atoms with van der Waals surface area (Å²) in [4.78, 5) is 3.31. The van der Waals surface area contributed by atoms with Gasteiger partial charge in [-0.15, -0.1) is 0 Å². The highest BCUT2D eigenvalue weighted by atomic mass is 32.2. The summed E-state index contributed by atoms with van der Waals surface area (Å²) >= 11 is 0. The van der Waals surface area contributed by atoms with Crippen molar-refractivity contribution in [1.29, 1.82) is 0 Å². The molecule has 0 aromatic heterocycles. The second kappa shape index (κ2) is 3.62. The number of rotatable bonds is 2. The molecule has 0 radical (unpaired) electrons. The molecule has 7 heteroatoms. The van der Waals surface area contributed by atoms with E-state index in [0.29, 0.717) is 6.21 Å². The van der Waals surface area contributed by atoms with Crippen LogP contribution in [0.3, 0.4) is 0 Å². The van der Waals surface area contributed by atoms with E-state index in [4.69, 9.17) is 0 Å². The smallest absolute Gasteiger partial charge is 0.267 e. The Morgan fingerprint density at radius 3 is 2.40 bits per heavy atom. The second-order valence-corrected chi connectivity index (χ2v) is 5.69. The summed E-state index contributed by atoms with van der Waals surface area (Å²) in [6, 6.07) is 0. The summed E-state index contributed by atoms with van der Waals surface area (Å²) in [6.07, 6.45) is -2.69. The van der Waals surface area contributed by atoms with E-state index < -0.39 is 32.9 Å². The maximum atomic E-state index is 12.8. The molecule has 1 rings (SSSR count). The van der Waals surface area contributed by atoms with E-state index in [1.54, 1.807) is 0 Å². The predicted octanol–water partition coefficient (Wildman–Crippen LogP) is 1.71. The highest BCUT2D eigenvalue weighted by Gasteiger charge is 2.61. The number of nitrogens with zero attached hydrogens (tertiary/aromatic N) is 1. The number of hydrogen-bond acceptors (Lipinski definition) is 3. The molecule has 1 aliphatic rings. The van der Waals surface area contributed by atoms with Gasteiger partial charge >= 0.3 is 6.18 Å². The van der Waals surface area contributed by atoms with Crippen molar-refractivity contribution >= 4 is 16.1 Å². The molecule has 0 amide bonds. The minimum atomic E-state index is -4.84.